The molecule has 0 fully saturated rings. The predicted octanol–water partition coefficient (Wildman–Crippen LogP) is 4.28. The summed E-state index contributed by atoms with van der Waals surface area (Å²) in [5.41, 5.74) is 1.43. The summed E-state index contributed by atoms with van der Waals surface area (Å²) in [5, 5.41) is 13.6. The van der Waals surface area contributed by atoms with Gasteiger partial charge in [0, 0.05) is 15.7 Å². The molecule has 0 bridgehead atoms. The van der Waals surface area contributed by atoms with Crippen LogP contribution >= 0.6 is 23.2 Å². The van der Waals surface area contributed by atoms with Gasteiger partial charge in [-0.3, -0.25) is 0 Å². The van der Waals surface area contributed by atoms with E-state index in [0.29, 0.717) is 15.7 Å². The summed E-state index contributed by atoms with van der Waals surface area (Å²) < 4.78 is 12.8. The van der Waals surface area contributed by atoms with Crippen molar-refractivity contribution in [1.82, 2.24) is 0 Å². The van der Waals surface area contributed by atoms with E-state index in [1.807, 2.05) is 0 Å². The third kappa shape index (κ3) is 3.60. The van der Waals surface area contributed by atoms with Crippen LogP contribution < -0.4 is 5.32 Å². The van der Waals surface area contributed by atoms with Crippen LogP contribution in [0.1, 0.15) is 11.6 Å². The number of rotatable bonds is 4. The van der Waals surface area contributed by atoms with Crippen LogP contribution in [0.25, 0.3) is 0 Å². The van der Waals surface area contributed by atoms with Gasteiger partial charge in [0.1, 0.15) is 5.82 Å². The highest BCUT2D eigenvalue weighted by Crippen LogP contribution is 2.28. The molecule has 100 valence electrons. The van der Waals surface area contributed by atoms with Crippen molar-refractivity contribution in [3.63, 3.8) is 0 Å². The number of aliphatic hydroxyl groups excluding tert-OH is 1. The van der Waals surface area contributed by atoms with Crippen LogP contribution in [0.15, 0.2) is 42.5 Å². The molecule has 2 rings (SSSR count). The van der Waals surface area contributed by atoms with Gasteiger partial charge in [0.25, 0.3) is 0 Å². The number of hydrogen-bond donors (Lipinski definition) is 2. The van der Waals surface area contributed by atoms with E-state index in [1.54, 1.807) is 30.3 Å². The molecule has 1 unspecified atom stereocenters. The molecule has 0 aliphatic heterocycles. The zero-order valence-electron chi connectivity index (χ0n) is 9.91. The number of aliphatic hydroxyl groups is 1. The first-order valence-corrected chi connectivity index (χ1v) is 6.43. The Kier molecular flexibility index (Phi) is 4.64. The van der Waals surface area contributed by atoms with E-state index in [1.165, 1.54) is 12.1 Å². The minimum Gasteiger partial charge on any atom is -0.394 e. The van der Waals surface area contributed by atoms with Gasteiger partial charge in [-0.1, -0.05) is 29.3 Å². The Labute approximate surface area is 120 Å². The maximum Gasteiger partial charge on any atom is 0.123 e. The van der Waals surface area contributed by atoms with Gasteiger partial charge in [0.05, 0.1) is 12.6 Å². The average Bonchev–Trinajstić information content (AvgIpc) is 2.39. The van der Waals surface area contributed by atoms with Crippen molar-refractivity contribution in [3.8, 4) is 0 Å². The fourth-order valence-electron chi connectivity index (χ4n) is 1.75. The molecule has 5 heteroatoms. The van der Waals surface area contributed by atoms with Gasteiger partial charge in [-0.25, -0.2) is 4.39 Å². The Hall–Kier alpha value is -1.29. The Morgan fingerprint density at radius 3 is 2.37 bits per heavy atom. The zero-order valence-corrected chi connectivity index (χ0v) is 11.4. The first-order chi connectivity index (χ1) is 9.10. The SMILES string of the molecule is OCC(Nc1ccc(F)cc1)c1ccc(Cl)cc1Cl. The van der Waals surface area contributed by atoms with Crippen LogP contribution in [0.5, 0.6) is 0 Å². The number of nitrogens with one attached hydrogen (secondary N) is 1. The first-order valence-electron chi connectivity index (χ1n) is 5.68. The molecule has 2 aromatic rings. The molecule has 0 radical (unpaired) electrons. The highest BCUT2D eigenvalue weighted by atomic mass is 35.5. The summed E-state index contributed by atoms with van der Waals surface area (Å²) in [6.45, 7) is -0.140. The lowest BCUT2D eigenvalue weighted by Gasteiger charge is -2.19. The molecule has 2 aromatic carbocycles. The van der Waals surface area contributed by atoms with Gasteiger partial charge in [0.15, 0.2) is 0 Å². The first kappa shape index (κ1) is 14.1. The second-order valence-corrected chi connectivity index (χ2v) is 4.90. The van der Waals surface area contributed by atoms with Crippen LogP contribution in [-0.4, -0.2) is 11.7 Å². The maximum absolute atomic E-state index is 12.8. The van der Waals surface area contributed by atoms with E-state index in [-0.39, 0.29) is 18.5 Å². The molecule has 0 spiro atoms. The maximum atomic E-state index is 12.8. The minimum atomic E-state index is -0.379. The summed E-state index contributed by atoms with van der Waals surface area (Å²) in [4.78, 5) is 0. The largest absolute Gasteiger partial charge is 0.394 e. The molecule has 0 amide bonds. The number of anilines is 1. The smallest absolute Gasteiger partial charge is 0.123 e. The zero-order chi connectivity index (χ0) is 13.8. The van der Waals surface area contributed by atoms with E-state index in [4.69, 9.17) is 23.2 Å². The predicted molar refractivity (Wildman–Crippen MR) is 76.3 cm³/mol. The highest BCUT2D eigenvalue weighted by Gasteiger charge is 2.14. The van der Waals surface area contributed by atoms with Crippen molar-refractivity contribution < 1.29 is 9.50 Å². The van der Waals surface area contributed by atoms with Crippen LogP contribution in [0.4, 0.5) is 10.1 Å². The third-order valence-corrected chi connectivity index (χ3v) is 3.27. The van der Waals surface area contributed by atoms with Crippen LogP contribution in [0.3, 0.4) is 0 Å². The normalized spacial score (nSPS) is 12.2. The summed E-state index contributed by atoms with van der Waals surface area (Å²) in [5.74, 6) is -0.310. The topological polar surface area (TPSA) is 32.3 Å². The fraction of sp³-hybridized carbons (Fsp3) is 0.143. The Balaban J connectivity index is 2.22. The molecule has 19 heavy (non-hydrogen) atoms. The van der Waals surface area contributed by atoms with E-state index >= 15 is 0 Å². The monoisotopic (exact) mass is 299 g/mol. The molecule has 2 nitrogen and oxygen atoms in total. The van der Waals surface area contributed by atoms with E-state index < -0.39 is 0 Å². The number of hydrogen-bond acceptors (Lipinski definition) is 2. The molecule has 0 aliphatic carbocycles. The van der Waals surface area contributed by atoms with E-state index in [9.17, 15) is 9.50 Å². The highest BCUT2D eigenvalue weighted by molar-refractivity contribution is 6.35. The van der Waals surface area contributed by atoms with E-state index in [2.05, 4.69) is 5.32 Å². The molecular weight excluding hydrogens is 288 g/mol. The van der Waals surface area contributed by atoms with Gasteiger partial charge < -0.3 is 10.4 Å². The van der Waals surface area contributed by atoms with Gasteiger partial charge in [-0.05, 0) is 42.0 Å². The lowest BCUT2D eigenvalue weighted by Crippen LogP contribution is -2.15. The molecular formula is C14H12Cl2FNO. The van der Waals surface area contributed by atoms with Gasteiger partial charge >= 0.3 is 0 Å². The average molecular weight is 300 g/mol. The third-order valence-electron chi connectivity index (χ3n) is 2.71. The summed E-state index contributed by atoms with van der Waals surface area (Å²) in [6.07, 6.45) is 0. The standard InChI is InChI=1S/C14H12Cl2FNO/c15-9-1-6-12(13(16)7-9)14(8-19)18-11-4-2-10(17)3-5-11/h1-7,14,18-19H,8H2. The van der Waals surface area contributed by atoms with Crippen molar-refractivity contribution in [2.24, 2.45) is 0 Å². The second-order valence-electron chi connectivity index (χ2n) is 4.05. The summed E-state index contributed by atoms with van der Waals surface area (Å²) in [6, 6.07) is 10.6. The van der Waals surface area contributed by atoms with Crippen molar-refractivity contribution in [3.05, 3.63) is 63.9 Å². The number of benzene rings is 2. The van der Waals surface area contributed by atoms with Crippen molar-refractivity contribution in [2.75, 3.05) is 11.9 Å². The van der Waals surface area contributed by atoms with Gasteiger partial charge in [-0.2, -0.15) is 0 Å². The molecule has 0 heterocycles. The Morgan fingerprint density at radius 2 is 1.79 bits per heavy atom. The molecule has 0 aromatic heterocycles. The second kappa shape index (κ2) is 6.24. The Morgan fingerprint density at radius 1 is 1.11 bits per heavy atom. The summed E-state index contributed by atoms with van der Waals surface area (Å²) >= 11 is 11.9. The summed E-state index contributed by atoms with van der Waals surface area (Å²) in [7, 11) is 0. The Bertz CT molecular complexity index is 560. The van der Waals surface area contributed by atoms with Crippen LogP contribution in [0.2, 0.25) is 10.0 Å². The van der Waals surface area contributed by atoms with Crippen molar-refractivity contribution in [2.45, 2.75) is 6.04 Å². The van der Waals surface area contributed by atoms with Crippen molar-refractivity contribution in [1.29, 1.82) is 0 Å². The van der Waals surface area contributed by atoms with Gasteiger partial charge in [-0.15, -0.1) is 0 Å². The number of halogens is 3. The molecule has 1 atom stereocenters. The van der Waals surface area contributed by atoms with Crippen LogP contribution in [-0.2, 0) is 0 Å². The lowest BCUT2D eigenvalue weighted by molar-refractivity contribution is 0.276. The van der Waals surface area contributed by atoms with Crippen molar-refractivity contribution >= 4 is 28.9 Å². The molecule has 0 saturated heterocycles. The molecule has 2 N–H and O–H groups in total. The van der Waals surface area contributed by atoms with Gasteiger partial charge in [0.2, 0.25) is 0 Å². The minimum absolute atomic E-state index is 0.140. The van der Waals surface area contributed by atoms with E-state index in [0.717, 1.165) is 5.56 Å². The van der Waals surface area contributed by atoms with Crippen LogP contribution in [0, 0.1) is 5.82 Å². The lowest BCUT2D eigenvalue weighted by atomic mass is 10.1. The fourth-order valence-corrected chi connectivity index (χ4v) is 2.29. The molecule has 0 saturated carbocycles. The molecule has 0 aliphatic rings. The quantitative estimate of drug-likeness (QED) is 0.883.